The van der Waals surface area contributed by atoms with Gasteiger partial charge >= 0.3 is 0 Å². The molecule has 3 amide bonds. The van der Waals surface area contributed by atoms with Crippen LogP contribution >= 0.6 is 0 Å². The summed E-state index contributed by atoms with van der Waals surface area (Å²) in [7, 11) is 0. The maximum Gasteiger partial charge on any atom is 0.289 e. The van der Waals surface area contributed by atoms with Gasteiger partial charge in [0, 0.05) is 43.9 Å². The number of hydrogen-bond donors (Lipinski definition) is 1. The topological polar surface area (TPSA) is 82.9 Å². The number of hydrogen-bond acceptors (Lipinski definition) is 4. The predicted molar refractivity (Wildman–Crippen MR) is 104 cm³/mol. The van der Waals surface area contributed by atoms with Crippen LogP contribution in [0.1, 0.15) is 35.9 Å². The summed E-state index contributed by atoms with van der Waals surface area (Å²) >= 11 is 0. The first kappa shape index (κ1) is 18.3. The average Bonchev–Trinajstić information content (AvgIpc) is 3.37. The number of nitrogens with one attached hydrogen (secondary N) is 1. The fraction of sp³-hybridized carbons (Fsp3) is 0.381. The quantitative estimate of drug-likeness (QED) is 0.886. The predicted octanol–water partition coefficient (Wildman–Crippen LogP) is 2.68. The standard InChI is InChI=1S/C21H23N3O4/c1-14(25)24-11-8-16-13-17(4-5-18(16)24)22-20(26)15-6-9-23(10-7-15)21(27)19-3-2-12-28-19/h2-5,12-13,15H,6-11H2,1H3,(H,22,26). The Hall–Kier alpha value is -3.09. The highest BCUT2D eigenvalue weighted by molar-refractivity contribution is 5.96. The van der Waals surface area contributed by atoms with Crippen molar-refractivity contribution in [1.82, 2.24) is 4.90 Å². The van der Waals surface area contributed by atoms with E-state index in [1.165, 1.54) is 6.26 Å². The molecule has 1 aromatic heterocycles. The lowest BCUT2D eigenvalue weighted by Gasteiger charge is -2.30. The zero-order chi connectivity index (χ0) is 19.7. The van der Waals surface area contributed by atoms with Crippen molar-refractivity contribution in [3.63, 3.8) is 0 Å². The number of carbonyl (C=O) groups is 3. The van der Waals surface area contributed by atoms with Crippen LogP contribution < -0.4 is 10.2 Å². The van der Waals surface area contributed by atoms with Gasteiger partial charge in [0.15, 0.2) is 5.76 Å². The van der Waals surface area contributed by atoms with E-state index in [4.69, 9.17) is 4.42 Å². The second-order valence-corrected chi connectivity index (χ2v) is 7.30. The van der Waals surface area contributed by atoms with E-state index in [2.05, 4.69) is 5.32 Å². The van der Waals surface area contributed by atoms with Gasteiger partial charge in [0.25, 0.3) is 5.91 Å². The Balaban J connectivity index is 1.34. The third-order valence-corrected chi connectivity index (χ3v) is 5.51. The molecule has 1 fully saturated rings. The molecule has 4 rings (SSSR count). The lowest BCUT2D eigenvalue weighted by molar-refractivity contribution is -0.121. The number of carbonyl (C=O) groups excluding carboxylic acids is 3. The molecule has 2 aliphatic heterocycles. The van der Waals surface area contributed by atoms with Crippen LogP contribution in [0.25, 0.3) is 0 Å². The van der Waals surface area contributed by atoms with Crippen molar-refractivity contribution in [2.75, 3.05) is 29.9 Å². The van der Waals surface area contributed by atoms with E-state index in [9.17, 15) is 14.4 Å². The van der Waals surface area contributed by atoms with Crippen molar-refractivity contribution in [2.45, 2.75) is 26.2 Å². The van der Waals surface area contributed by atoms with Crippen LogP contribution in [0.4, 0.5) is 11.4 Å². The summed E-state index contributed by atoms with van der Waals surface area (Å²) in [5, 5.41) is 2.99. The third-order valence-electron chi connectivity index (χ3n) is 5.51. The maximum atomic E-state index is 12.6. The Morgan fingerprint density at radius 3 is 2.57 bits per heavy atom. The van der Waals surface area contributed by atoms with Gasteiger partial charge in [-0.15, -0.1) is 0 Å². The van der Waals surface area contributed by atoms with E-state index in [1.807, 2.05) is 18.2 Å². The second-order valence-electron chi connectivity index (χ2n) is 7.30. The molecule has 28 heavy (non-hydrogen) atoms. The van der Waals surface area contributed by atoms with Crippen LogP contribution in [-0.4, -0.2) is 42.3 Å². The molecule has 1 aromatic carbocycles. The molecule has 1 saturated heterocycles. The summed E-state index contributed by atoms with van der Waals surface area (Å²) < 4.78 is 5.17. The van der Waals surface area contributed by atoms with Crippen molar-refractivity contribution in [3.05, 3.63) is 47.9 Å². The lowest BCUT2D eigenvalue weighted by atomic mass is 9.95. The minimum absolute atomic E-state index is 0.0218. The minimum atomic E-state index is -0.127. The van der Waals surface area contributed by atoms with Gasteiger partial charge in [-0.25, -0.2) is 0 Å². The molecule has 0 spiro atoms. The smallest absolute Gasteiger partial charge is 0.289 e. The number of piperidine rings is 1. The van der Waals surface area contributed by atoms with Crippen LogP contribution in [0.2, 0.25) is 0 Å². The average molecular weight is 381 g/mol. The van der Waals surface area contributed by atoms with Gasteiger partial charge in [0.2, 0.25) is 11.8 Å². The van der Waals surface area contributed by atoms with E-state index in [0.717, 1.165) is 23.4 Å². The summed E-state index contributed by atoms with van der Waals surface area (Å²) in [6.07, 6.45) is 3.54. The fourth-order valence-corrected chi connectivity index (χ4v) is 3.95. The molecule has 146 valence electrons. The number of likely N-dealkylation sites (tertiary alicyclic amines) is 1. The monoisotopic (exact) mass is 381 g/mol. The van der Waals surface area contributed by atoms with Crippen molar-refractivity contribution in [3.8, 4) is 0 Å². The first-order chi connectivity index (χ1) is 13.5. The Morgan fingerprint density at radius 1 is 1.11 bits per heavy atom. The van der Waals surface area contributed by atoms with E-state index >= 15 is 0 Å². The first-order valence-electron chi connectivity index (χ1n) is 9.57. The van der Waals surface area contributed by atoms with Crippen LogP contribution in [-0.2, 0) is 16.0 Å². The third kappa shape index (κ3) is 3.52. The van der Waals surface area contributed by atoms with Gasteiger partial charge in [-0.05, 0) is 55.2 Å². The molecule has 0 unspecified atom stereocenters. The Labute approximate surface area is 163 Å². The number of benzene rings is 1. The van der Waals surface area contributed by atoms with E-state index in [0.29, 0.717) is 38.2 Å². The Kier molecular flexibility index (Phi) is 4.90. The second kappa shape index (κ2) is 7.50. The van der Waals surface area contributed by atoms with Crippen molar-refractivity contribution >= 4 is 29.1 Å². The van der Waals surface area contributed by atoms with Crippen molar-refractivity contribution in [2.24, 2.45) is 5.92 Å². The molecular formula is C21H23N3O4. The molecule has 3 heterocycles. The zero-order valence-corrected chi connectivity index (χ0v) is 15.8. The normalized spacial score (nSPS) is 16.8. The first-order valence-corrected chi connectivity index (χ1v) is 9.57. The van der Waals surface area contributed by atoms with Crippen LogP contribution in [0.15, 0.2) is 41.0 Å². The molecular weight excluding hydrogens is 358 g/mol. The maximum absolute atomic E-state index is 12.6. The summed E-state index contributed by atoms with van der Waals surface area (Å²) in [5.41, 5.74) is 2.75. The van der Waals surface area contributed by atoms with Gasteiger partial charge < -0.3 is 19.5 Å². The molecule has 1 N–H and O–H groups in total. The number of fused-ring (bicyclic) bond motifs is 1. The van der Waals surface area contributed by atoms with Gasteiger partial charge in [-0.3, -0.25) is 14.4 Å². The fourth-order valence-electron chi connectivity index (χ4n) is 3.95. The van der Waals surface area contributed by atoms with Gasteiger partial charge in [0.05, 0.1) is 6.26 Å². The molecule has 2 aromatic rings. The van der Waals surface area contributed by atoms with E-state index in [-0.39, 0.29) is 23.6 Å². The Morgan fingerprint density at radius 2 is 1.89 bits per heavy atom. The van der Waals surface area contributed by atoms with Crippen LogP contribution in [0, 0.1) is 5.92 Å². The molecule has 2 aliphatic rings. The molecule has 0 aliphatic carbocycles. The molecule has 0 bridgehead atoms. The highest BCUT2D eigenvalue weighted by Gasteiger charge is 2.29. The summed E-state index contributed by atoms with van der Waals surface area (Å²) in [5.74, 6) is 0.0960. The largest absolute Gasteiger partial charge is 0.459 e. The van der Waals surface area contributed by atoms with Gasteiger partial charge in [-0.2, -0.15) is 0 Å². The molecule has 7 nitrogen and oxygen atoms in total. The van der Waals surface area contributed by atoms with E-state index < -0.39 is 0 Å². The number of anilines is 2. The SMILES string of the molecule is CC(=O)N1CCc2cc(NC(=O)C3CCN(C(=O)c4ccco4)CC3)ccc21. The molecule has 7 heteroatoms. The minimum Gasteiger partial charge on any atom is -0.459 e. The van der Waals surface area contributed by atoms with E-state index in [1.54, 1.807) is 28.9 Å². The summed E-state index contributed by atoms with van der Waals surface area (Å²) in [4.78, 5) is 40.1. The van der Waals surface area contributed by atoms with Gasteiger partial charge in [0.1, 0.15) is 0 Å². The Bertz CT molecular complexity index is 898. The highest BCUT2D eigenvalue weighted by atomic mass is 16.3. The molecule has 0 saturated carbocycles. The summed E-state index contributed by atoms with van der Waals surface area (Å²) in [6, 6.07) is 9.03. The van der Waals surface area contributed by atoms with Crippen molar-refractivity contribution < 1.29 is 18.8 Å². The molecule has 0 radical (unpaired) electrons. The number of nitrogens with zero attached hydrogens (tertiary/aromatic N) is 2. The van der Waals surface area contributed by atoms with Gasteiger partial charge in [-0.1, -0.05) is 0 Å². The summed E-state index contributed by atoms with van der Waals surface area (Å²) in [6.45, 7) is 3.32. The zero-order valence-electron chi connectivity index (χ0n) is 15.8. The van der Waals surface area contributed by atoms with Crippen molar-refractivity contribution in [1.29, 1.82) is 0 Å². The lowest BCUT2D eigenvalue weighted by Crippen LogP contribution is -2.41. The number of rotatable bonds is 3. The molecule has 0 atom stereocenters. The number of amides is 3. The van der Waals surface area contributed by atoms with Crippen LogP contribution in [0.5, 0.6) is 0 Å². The number of furan rings is 1. The van der Waals surface area contributed by atoms with Crippen LogP contribution in [0.3, 0.4) is 0 Å². The highest BCUT2D eigenvalue weighted by Crippen LogP contribution is 2.31.